The van der Waals surface area contributed by atoms with Crippen molar-refractivity contribution >= 4 is 12.2 Å². The van der Waals surface area contributed by atoms with Gasteiger partial charge in [-0.15, -0.1) is 0 Å². The molecule has 0 spiro atoms. The number of carboxylic acid groups (broad SMARTS) is 1. The summed E-state index contributed by atoms with van der Waals surface area (Å²) in [6.07, 6.45) is 6.40. The average Bonchev–Trinajstić information content (AvgIpc) is 3.27. The number of nitrogens with one attached hydrogen (secondary N) is 2. The number of rotatable bonds is 9. The maximum atomic E-state index is 10.8. The molecule has 2 atom stereocenters. The lowest BCUT2D eigenvalue weighted by molar-refractivity contribution is -0.138. The van der Waals surface area contributed by atoms with Gasteiger partial charge in [-0.1, -0.05) is 24.3 Å². The van der Waals surface area contributed by atoms with Gasteiger partial charge in [-0.2, -0.15) is 10.6 Å². The molecule has 2 aliphatic rings. The number of hydroxylamine groups is 1. The molecule has 0 saturated carbocycles. The Balaban J connectivity index is 1.19. The first-order chi connectivity index (χ1) is 15.7. The zero-order valence-corrected chi connectivity index (χ0v) is 18.1. The van der Waals surface area contributed by atoms with Crippen molar-refractivity contribution in [3.05, 3.63) is 65.5 Å². The van der Waals surface area contributed by atoms with Gasteiger partial charge in [0, 0.05) is 45.1 Å². The van der Waals surface area contributed by atoms with Gasteiger partial charge in [-0.25, -0.2) is 0 Å². The molecule has 170 valence electrons. The normalized spacial score (nSPS) is 22.4. The van der Waals surface area contributed by atoms with E-state index >= 15 is 0 Å². The van der Waals surface area contributed by atoms with E-state index in [1.54, 1.807) is 12.4 Å². The zero-order chi connectivity index (χ0) is 22.2. The van der Waals surface area contributed by atoms with Crippen molar-refractivity contribution in [1.29, 1.82) is 0 Å². The third-order valence-corrected chi connectivity index (χ3v) is 5.84. The van der Waals surface area contributed by atoms with Crippen LogP contribution in [0.1, 0.15) is 29.2 Å². The summed E-state index contributed by atoms with van der Waals surface area (Å²) in [4.78, 5) is 25.0. The van der Waals surface area contributed by atoms with Crippen LogP contribution < -0.4 is 10.9 Å². The SMILES string of the molecule is O=C(O)CN1CCN(CC2CC(c3ccc(C=NNCc4ccncc4)cc3)NO2)CC1. The number of benzene rings is 1. The number of carbonyl (C=O) groups is 1. The number of hydrazone groups is 1. The molecule has 3 heterocycles. The summed E-state index contributed by atoms with van der Waals surface area (Å²) >= 11 is 0. The van der Waals surface area contributed by atoms with E-state index in [-0.39, 0.29) is 18.7 Å². The average molecular weight is 439 g/mol. The van der Waals surface area contributed by atoms with Crippen LogP contribution in [0.2, 0.25) is 0 Å². The van der Waals surface area contributed by atoms with Gasteiger partial charge in [0.15, 0.2) is 0 Å². The van der Waals surface area contributed by atoms with Gasteiger partial charge in [-0.05, 0) is 35.2 Å². The number of aromatic nitrogens is 1. The molecule has 0 bridgehead atoms. The number of hydrogen-bond donors (Lipinski definition) is 3. The first-order valence-corrected chi connectivity index (χ1v) is 11.0. The summed E-state index contributed by atoms with van der Waals surface area (Å²) < 4.78 is 0. The van der Waals surface area contributed by atoms with Crippen LogP contribution in [0, 0.1) is 0 Å². The molecule has 2 fully saturated rings. The van der Waals surface area contributed by atoms with E-state index < -0.39 is 5.97 Å². The van der Waals surface area contributed by atoms with Crippen molar-refractivity contribution < 1.29 is 14.7 Å². The van der Waals surface area contributed by atoms with Crippen LogP contribution in [0.15, 0.2) is 53.9 Å². The Morgan fingerprint density at radius 1 is 1.16 bits per heavy atom. The highest BCUT2D eigenvalue weighted by Gasteiger charge is 2.29. The first kappa shape index (κ1) is 22.3. The quantitative estimate of drug-likeness (QED) is 0.397. The molecule has 9 heteroatoms. The second-order valence-corrected chi connectivity index (χ2v) is 8.23. The summed E-state index contributed by atoms with van der Waals surface area (Å²) in [6.45, 7) is 4.97. The van der Waals surface area contributed by atoms with Crippen molar-refractivity contribution in [2.45, 2.75) is 25.1 Å². The number of carboxylic acids is 1. The second kappa shape index (κ2) is 11.1. The summed E-state index contributed by atoms with van der Waals surface area (Å²) in [7, 11) is 0. The largest absolute Gasteiger partial charge is 0.480 e. The van der Waals surface area contributed by atoms with Gasteiger partial charge in [0.2, 0.25) is 0 Å². The lowest BCUT2D eigenvalue weighted by atomic mass is 10.0. The number of nitrogens with zero attached hydrogens (tertiary/aromatic N) is 4. The van der Waals surface area contributed by atoms with E-state index in [4.69, 9.17) is 9.94 Å². The molecule has 3 N–H and O–H groups in total. The highest BCUT2D eigenvalue weighted by molar-refractivity contribution is 5.79. The minimum absolute atomic E-state index is 0.124. The molecule has 2 aromatic rings. The van der Waals surface area contributed by atoms with Gasteiger partial charge in [0.05, 0.1) is 31.4 Å². The summed E-state index contributed by atoms with van der Waals surface area (Å²) in [5.74, 6) is -0.761. The Bertz CT molecular complexity index is 884. The van der Waals surface area contributed by atoms with Crippen LogP contribution in [0.4, 0.5) is 0 Å². The van der Waals surface area contributed by atoms with Crippen LogP contribution in [0.3, 0.4) is 0 Å². The molecule has 4 rings (SSSR count). The van der Waals surface area contributed by atoms with Crippen molar-refractivity contribution in [2.24, 2.45) is 5.10 Å². The summed E-state index contributed by atoms with van der Waals surface area (Å²) in [5.41, 5.74) is 9.58. The van der Waals surface area contributed by atoms with Crippen LogP contribution in [0.5, 0.6) is 0 Å². The predicted octanol–water partition coefficient (Wildman–Crippen LogP) is 1.24. The molecule has 9 nitrogen and oxygen atoms in total. The lowest BCUT2D eigenvalue weighted by Crippen LogP contribution is -2.49. The maximum Gasteiger partial charge on any atom is 0.317 e. The highest BCUT2D eigenvalue weighted by atomic mass is 16.7. The standard InChI is InChI=1S/C23H30N6O3/c30-23(31)17-29-11-9-28(10-12-29)16-21-13-22(27-32-21)20-3-1-18(2-4-20)14-25-26-15-19-5-7-24-8-6-19/h1-8,14,21-22,26-27H,9-13,15-17H2,(H,30,31). The molecular formula is C23H30N6O3. The molecule has 2 aliphatic heterocycles. The minimum atomic E-state index is -0.761. The van der Waals surface area contributed by atoms with E-state index in [2.05, 4.69) is 50.2 Å². The van der Waals surface area contributed by atoms with Crippen LogP contribution in [0.25, 0.3) is 0 Å². The molecule has 1 aromatic carbocycles. The van der Waals surface area contributed by atoms with E-state index in [1.807, 2.05) is 23.2 Å². The van der Waals surface area contributed by atoms with Crippen LogP contribution in [-0.2, 0) is 16.2 Å². The van der Waals surface area contributed by atoms with Gasteiger partial charge in [0.1, 0.15) is 0 Å². The molecule has 32 heavy (non-hydrogen) atoms. The Labute approximate surface area is 188 Å². The number of pyridine rings is 1. The maximum absolute atomic E-state index is 10.8. The Kier molecular flexibility index (Phi) is 7.78. The molecule has 2 saturated heterocycles. The van der Waals surface area contributed by atoms with Gasteiger partial charge in [0.25, 0.3) is 0 Å². The molecule has 2 unspecified atom stereocenters. The zero-order valence-electron chi connectivity index (χ0n) is 18.1. The summed E-state index contributed by atoms with van der Waals surface area (Å²) in [5, 5.41) is 13.2. The topological polar surface area (TPSA) is 102 Å². The Morgan fingerprint density at radius 2 is 1.88 bits per heavy atom. The van der Waals surface area contributed by atoms with E-state index in [1.165, 1.54) is 5.56 Å². The third kappa shape index (κ3) is 6.57. The molecule has 1 aromatic heterocycles. The van der Waals surface area contributed by atoms with Crippen LogP contribution >= 0.6 is 0 Å². The van der Waals surface area contributed by atoms with E-state index in [9.17, 15) is 4.79 Å². The molecular weight excluding hydrogens is 408 g/mol. The van der Waals surface area contributed by atoms with Gasteiger partial charge in [-0.3, -0.25) is 24.4 Å². The van der Waals surface area contributed by atoms with E-state index in [0.29, 0.717) is 6.54 Å². The number of aliphatic carboxylic acids is 1. The highest BCUT2D eigenvalue weighted by Crippen LogP contribution is 2.26. The number of hydrogen-bond acceptors (Lipinski definition) is 8. The van der Waals surface area contributed by atoms with Crippen molar-refractivity contribution in [1.82, 2.24) is 25.7 Å². The van der Waals surface area contributed by atoms with Crippen molar-refractivity contribution in [3.8, 4) is 0 Å². The smallest absolute Gasteiger partial charge is 0.317 e. The first-order valence-electron chi connectivity index (χ1n) is 11.0. The fraction of sp³-hybridized carbons (Fsp3) is 0.435. The predicted molar refractivity (Wildman–Crippen MR) is 121 cm³/mol. The molecule has 0 amide bonds. The Morgan fingerprint density at radius 3 is 2.59 bits per heavy atom. The van der Waals surface area contributed by atoms with Crippen molar-refractivity contribution in [3.63, 3.8) is 0 Å². The minimum Gasteiger partial charge on any atom is -0.480 e. The van der Waals surface area contributed by atoms with Gasteiger partial charge >= 0.3 is 5.97 Å². The second-order valence-electron chi connectivity index (χ2n) is 8.23. The fourth-order valence-electron chi connectivity index (χ4n) is 4.03. The lowest BCUT2D eigenvalue weighted by Gasteiger charge is -2.34. The van der Waals surface area contributed by atoms with Gasteiger partial charge < -0.3 is 10.5 Å². The third-order valence-electron chi connectivity index (χ3n) is 5.84. The summed E-state index contributed by atoms with van der Waals surface area (Å²) in [6, 6.07) is 12.4. The fourth-order valence-corrected chi connectivity index (χ4v) is 4.03. The Hall–Kier alpha value is -2.85. The van der Waals surface area contributed by atoms with Crippen LogP contribution in [-0.4, -0.2) is 77.4 Å². The molecule has 0 aliphatic carbocycles. The molecule has 0 radical (unpaired) electrons. The van der Waals surface area contributed by atoms with E-state index in [0.717, 1.165) is 50.3 Å². The number of piperazine rings is 1. The van der Waals surface area contributed by atoms with Crippen molar-refractivity contribution in [2.75, 3.05) is 39.3 Å². The monoisotopic (exact) mass is 438 g/mol.